The van der Waals surface area contributed by atoms with Crippen molar-refractivity contribution in [2.45, 2.75) is 19.9 Å². The number of aromatic nitrogens is 2. The lowest BCUT2D eigenvalue weighted by Crippen LogP contribution is -2.46. The monoisotopic (exact) mass is 452 g/mol. The summed E-state index contributed by atoms with van der Waals surface area (Å²) in [5.41, 5.74) is 5.10. The fraction of sp³-hybridized carbons (Fsp3) is 0.148. The van der Waals surface area contributed by atoms with Gasteiger partial charge in [-0.3, -0.25) is 4.90 Å². The van der Waals surface area contributed by atoms with Gasteiger partial charge in [0.05, 0.1) is 24.4 Å². The van der Waals surface area contributed by atoms with Gasteiger partial charge in [0.2, 0.25) is 5.82 Å². The zero-order chi connectivity index (χ0) is 23.7. The number of hydrogen-bond acceptors (Lipinski definition) is 5. The third-order valence-electron chi connectivity index (χ3n) is 5.91. The van der Waals surface area contributed by atoms with Crippen LogP contribution in [0.4, 0.5) is 10.5 Å². The standard InChI is InChI=1S/C27H24N4O3/c1-17-9-11-20(12-10-17)25-29-26(34-30-25)23-18(2)31(21-7-5-4-6-8-21)27(32)28-24(23)19-13-15-22(33-3)16-14-19/h4-16,24H,1-3H3,(H,28,32). The minimum atomic E-state index is -0.468. The first kappa shape index (κ1) is 21.5. The number of rotatable bonds is 5. The minimum absolute atomic E-state index is 0.230. The fourth-order valence-electron chi connectivity index (χ4n) is 4.11. The average Bonchev–Trinajstić information content (AvgIpc) is 3.34. The Bertz CT molecular complexity index is 1340. The van der Waals surface area contributed by atoms with Gasteiger partial charge in [-0.15, -0.1) is 0 Å². The zero-order valence-electron chi connectivity index (χ0n) is 19.1. The maximum absolute atomic E-state index is 13.2. The van der Waals surface area contributed by atoms with Crippen LogP contribution < -0.4 is 15.0 Å². The normalized spacial score (nSPS) is 15.9. The van der Waals surface area contributed by atoms with E-state index in [-0.39, 0.29) is 6.03 Å². The molecule has 0 saturated heterocycles. The maximum Gasteiger partial charge on any atom is 0.326 e. The van der Waals surface area contributed by atoms with Crippen molar-refractivity contribution >= 4 is 17.3 Å². The van der Waals surface area contributed by atoms with Crippen LogP contribution in [0, 0.1) is 6.92 Å². The number of ether oxygens (including phenoxy) is 1. The quantitative estimate of drug-likeness (QED) is 0.417. The van der Waals surface area contributed by atoms with Crippen molar-refractivity contribution in [3.63, 3.8) is 0 Å². The van der Waals surface area contributed by atoms with Gasteiger partial charge in [0, 0.05) is 11.3 Å². The first-order chi connectivity index (χ1) is 16.5. The molecule has 1 N–H and O–H groups in total. The molecule has 7 heteroatoms. The molecule has 2 heterocycles. The number of urea groups is 1. The number of nitrogens with zero attached hydrogens (tertiary/aromatic N) is 3. The van der Waals surface area contributed by atoms with Gasteiger partial charge < -0.3 is 14.6 Å². The fourth-order valence-corrected chi connectivity index (χ4v) is 4.11. The van der Waals surface area contributed by atoms with Gasteiger partial charge >= 0.3 is 6.03 Å². The van der Waals surface area contributed by atoms with E-state index >= 15 is 0 Å². The van der Waals surface area contributed by atoms with Crippen LogP contribution in [0.15, 0.2) is 89.1 Å². The van der Waals surface area contributed by atoms with E-state index in [1.807, 2.05) is 92.7 Å². The molecular formula is C27H24N4O3. The molecule has 0 bridgehead atoms. The van der Waals surface area contributed by atoms with E-state index < -0.39 is 6.04 Å². The van der Waals surface area contributed by atoms with Gasteiger partial charge in [-0.25, -0.2) is 4.79 Å². The minimum Gasteiger partial charge on any atom is -0.497 e. The van der Waals surface area contributed by atoms with E-state index in [4.69, 9.17) is 14.2 Å². The SMILES string of the molecule is COc1ccc(C2NC(=O)N(c3ccccc3)C(C)=C2c2nc(-c3ccc(C)cc3)no2)cc1. The first-order valence-corrected chi connectivity index (χ1v) is 11.0. The van der Waals surface area contributed by atoms with Gasteiger partial charge in [-0.1, -0.05) is 65.3 Å². The van der Waals surface area contributed by atoms with Crippen molar-refractivity contribution in [1.29, 1.82) is 0 Å². The Hall–Kier alpha value is -4.39. The van der Waals surface area contributed by atoms with Crippen LogP contribution in [-0.4, -0.2) is 23.3 Å². The topological polar surface area (TPSA) is 80.5 Å². The van der Waals surface area contributed by atoms with Crippen molar-refractivity contribution in [2.75, 3.05) is 12.0 Å². The number of methoxy groups -OCH3 is 1. The third-order valence-corrected chi connectivity index (χ3v) is 5.91. The molecule has 1 aromatic heterocycles. The summed E-state index contributed by atoms with van der Waals surface area (Å²) in [5, 5.41) is 7.34. The number of para-hydroxylation sites is 1. The average molecular weight is 453 g/mol. The van der Waals surface area contributed by atoms with Crippen molar-refractivity contribution in [3.05, 3.63) is 102 Å². The molecule has 4 aromatic rings. The third kappa shape index (κ3) is 3.92. The van der Waals surface area contributed by atoms with Crippen LogP contribution in [0.3, 0.4) is 0 Å². The molecule has 170 valence electrons. The van der Waals surface area contributed by atoms with Crippen LogP contribution in [0.1, 0.15) is 30.0 Å². The van der Waals surface area contributed by atoms with E-state index in [1.54, 1.807) is 12.0 Å². The summed E-state index contributed by atoms with van der Waals surface area (Å²) in [6, 6.07) is 24.3. The number of amides is 2. The molecule has 0 aliphatic carbocycles. The van der Waals surface area contributed by atoms with E-state index in [0.717, 1.165) is 39.4 Å². The Labute approximate surface area is 197 Å². The van der Waals surface area contributed by atoms with Crippen LogP contribution in [0.5, 0.6) is 5.75 Å². The highest BCUT2D eigenvalue weighted by Gasteiger charge is 2.36. The Balaban J connectivity index is 1.63. The Morgan fingerprint density at radius 1 is 0.941 bits per heavy atom. The summed E-state index contributed by atoms with van der Waals surface area (Å²) in [5.74, 6) is 1.58. The molecule has 7 nitrogen and oxygen atoms in total. The molecule has 0 spiro atoms. The molecule has 1 aliphatic heterocycles. The van der Waals surface area contributed by atoms with Gasteiger partial charge in [-0.05, 0) is 43.7 Å². The molecule has 2 amide bonds. The van der Waals surface area contributed by atoms with Gasteiger partial charge in [0.25, 0.3) is 5.89 Å². The van der Waals surface area contributed by atoms with Crippen molar-refractivity contribution < 1.29 is 14.1 Å². The Kier molecular flexibility index (Phi) is 5.59. The van der Waals surface area contributed by atoms with Crippen LogP contribution in [-0.2, 0) is 0 Å². The highest BCUT2D eigenvalue weighted by atomic mass is 16.5. The molecule has 1 aliphatic rings. The molecule has 1 atom stereocenters. The molecule has 34 heavy (non-hydrogen) atoms. The summed E-state index contributed by atoms with van der Waals surface area (Å²) < 4.78 is 11.1. The summed E-state index contributed by atoms with van der Waals surface area (Å²) in [6.07, 6.45) is 0. The highest BCUT2D eigenvalue weighted by Crippen LogP contribution is 2.39. The predicted molar refractivity (Wildman–Crippen MR) is 130 cm³/mol. The molecule has 3 aromatic carbocycles. The largest absolute Gasteiger partial charge is 0.497 e. The number of anilines is 1. The second-order valence-corrected chi connectivity index (χ2v) is 8.11. The van der Waals surface area contributed by atoms with Crippen molar-refractivity contribution in [2.24, 2.45) is 0 Å². The number of nitrogens with one attached hydrogen (secondary N) is 1. The van der Waals surface area contributed by atoms with Crippen molar-refractivity contribution in [1.82, 2.24) is 15.5 Å². The summed E-state index contributed by atoms with van der Waals surface area (Å²) in [6.45, 7) is 3.93. The predicted octanol–water partition coefficient (Wildman–Crippen LogP) is 5.76. The second kappa shape index (κ2) is 8.86. The summed E-state index contributed by atoms with van der Waals surface area (Å²) in [4.78, 5) is 19.6. The van der Waals surface area contributed by atoms with E-state index in [1.165, 1.54) is 0 Å². The van der Waals surface area contributed by atoms with Gasteiger partial charge in [0.15, 0.2) is 0 Å². The highest BCUT2D eigenvalue weighted by molar-refractivity contribution is 6.01. The molecule has 0 saturated carbocycles. The molecular weight excluding hydrogens is 428 g/mol. The number of carbonyl (C=O) groups is 1. The molecule has 1 unspecified atom stereocenters. The second-order valence-electron chi connectivity index (χ2n) is 8.11. The first-order valence-electron chi connectivity index (χ1n) is 11.0. The lowest BCUT2D eigenvalue weighted by atomic mass is 9.94. The number of carbonyl (C=O) groups excluding carboxylic acids is 1. The Morgan fingerprint density at radius 3 is 2.32 bits per heavy atom. The lowest BCUT2D eigenvalue weighted by Gasteiger charge is -2.35. The Morgan fingerprint density at radius 2 is 1.65 bits per heavy atom. The van der Waals surface area contributed by atoms with Crippen molar-refractivity contribution in [3.8, 4) is 17.1 Å². The smallest absolute Gasteiger partial charge is 0.326 e. The van der Waals surface area contributed by atoms with Crippen LogP contribution in [0.25, 0.3) is 17.0 Å². The summed E-state index contributed by atoms with van der Waals surface area (Å²) in [7, 11) is 1.62. The molecule has 5 rings (SSSR count). The maximum atomic E-state index is 13.2. The number of benzene rings is 3. The lowest BCUT2D eigenvalue weighted by molar-refractivity contribution is 0.244. The van der Waals surface area contributed by atoms with Crippen LogP contribution in [0.2, 0.25) is 0 Å². The van der Waals surface area contributed by atoms with Gasteiger partial charge in [0.1, 0.15) is 5.75 Å². The number of hydrogen-bond donors (Lipinski definition) is 1. The molecule has 0 radical (unpaired) electrons. The van der Waals surface area contributed by atoms with Crippen LogP contribution >= 0.6 is 0 Å². The number of allylic oxidation sites excluding steroid dienone is 1. The molecule has 0 fully saturated rings. The van der Waals surface area contributed by atoms with E-state index in [2.05, 4.69) is 10.5 Å². The van der Waals surface area contributed by atoms with E-state index in [9.17, 15) is 4.79 Å². The van der Waals surface area contributed by atoms with E-state index in [0.29, 0.717) is 11.7 Å². The summed E-state index contributed by atoms with van der Waals surface area (Å²) >= 11 is 0. The zero-order valence-corrected chi connectivity index (χ0v) is 19.1. The van der Waals surface area contributed by atoms with Gasteiger partial charge in [-0.2, -0.15) is 4.98 Å². The number of aryl methyl sites for hydroxylation is 1.